The monoisotopic (exact) mass is 418 g/mol. The van der Waals surface area contributed by atoms with Gasteiger partial charge in [0.15, 0.2) is 0 Å². The number of anilines is 2. The molecular formula is C20H22N2O6S. The van der Waals surface area contributed by atoms with Gasteiger partial charge in [-0.05, 0) is 49.2 Å². The summed E-state index contributed by atoms with van der Waals surface area (Å²) in [5.41, 5.74) is 1.30. The zero-order valence-electron chi connectivity index (χ0n) is 16.4. The topological polar surface area (TPSA) is 102 Å². The second kappa shape index (κ2) is 8.12. The molecule has 0 unspecified atom stereocenters. The average Bonchev–Trinajstić information content (AvgIpc) is 2.67. The lowest BCUT2D eigenvalue weighted by Crippen LogP contribution is -2.40. The maximum atomic E-state index is 13.1. The van der Waals surface area contributed by atoms with Crippen molar-refractivity contribution in [2.24, 2.45) is 0 Å². The highest BCUT2D eigenvalue weighted by atomic mass is 32.2. The second-order valence-electron chi connectivity index (χ2n) is 6.62. The number of amides is 2. The van der Waals surface area contributed by atoms with E-state index in [-0.39, 0.29) is 46.7 Å². The van der Waals surface area contributed by atoms with E-state index in [1.807, 2.05) is 6.92 Å². The first-order valence-corrected chi connectivity index (χ1v) is 10.5. The molecule has 29 heavy (non-hydrogen) atoms. The van der Waals surface area contributed by atoms with Gasteiger partial charge in [-0.25, -0.2) is 8.42 Å². The first-order chi connectivity index (χ1) is 13.8. The molecule has 1 saturated heterocycles. The summed E-state index contributed by atoms with van der Waals surface area (Å²) in [4.78, 5) is 25.3. The number of methoxy groups -OCH3 is 2. The van der Waals surface area contributed by atoms with Crippen molar-refractivity contribution in [1.29, 1.82) is 0 Å². The maximum absolute atomic E-state index is 13.1. The zero-order chi connectivity index (χ0) is 21.2. The Morgan fingerprint density at radius 1 is 0.931 bits per heavy atom. The molecule has 1 heterocycles. The number of hydrogen-bond acceptors (Lipinski definition) is 6. The molecule has 0 aliphatic carbocycles. The molecule has 3 rings (SSSR count). The minimum atomic E-state index is -4.11. The number of nitrogens with zero attached hydrogens (tertiary/aromatic N) is 1. The van der Waals surface area contributed by atoms with Gasteiger partial charge in [-0.3, -0.25) is 19.2 Å². The van der Waals surface area contributed by atoms with Crippen LogP contribution in [-0.2, 0) is 19.6 Å². The molecule has 9 heteroatoms. The smallest absolute Gasteiger partial charge is 0.265 e. The average molecular weight is 418 g/mol. The molecule has 2 amide bonds. The predicted octanol–water partition coefficient (Wildman–Crippen LogP) is 2.86. The van der Waals surface area contributed by atoms with Gasteiger partial charge in [0.25, 0.3) is 10.0 Å². The third kappa shape index (κ3) is 4.19. The molecule has 0 saturated carbocycles. The summed E-state index contributed by atoms with van der Waals surface area (Å²) in [6.45, 7) is 1.83. The van der Waals surface area contributed by atoms with Crippen molar-refractivity contribution >= 4 is 33.2 Å². The molecule has 1 aliphatic rings. The van der Waals surface area contributed by atoms with Gasteiger partial charge in [0, 0.05) is 12.8 Å². The first kappa shape index (κ1) is 20.7. The third-order valence-electron chi connectivity index (χ3n) is 4.57. The van der Waals surface area contributed by atoms with Crippen molar-refractivity contribution in [3.63, 3.8) is 0 Å². The highest BCUT2D eigenvalue weighted by molar-refractivity contribution is 7.92. The molecule has 0 bridgehead atoms. The van der Waals surface area contributed by atoms with Crippen LogP contribution in [0.5, 0.6) is 11.5 Å². The third-order valence-corrected chi connectivity index (χ3v) is 5.96. The number of piperidine rings is 1. The lowest BCUT2D eigenvalue weighted by atomic mass is 10.1. The Morgan fingerprint density at radius 2 is 1.55 bits per heavy atom. The van der Waals surface area contributed by atoms with Crippen LogP contribution in [0.3, 0.4) is 0 Å². The van der Waals surface area contributed by atoms with E-state index in [0.29, 0.717) is 12.2 Å². The van der Waals surface area contributed by atoms with Gasteiger partial charge in [-0.15, -0.1) is 0 Å². The fraction of sp³-hybridized carbons (Fsp3) is 0.300. The van der Waals surface area contributed by atoms with Crippen LogP contribution in [0.1, 0.15) is 24.8 Å². The van der Waals surface area contributed by atoms with Crippen LogP contribution >= 0.6 is 0 Å². The van der Waals surface area contributed by atoms with Crippen molar-refractivity contribution in [3.8, 4) is 11.5 Å². The molecule has 0 aromatic heterocycles. The van der Waals surface area contributed by atoms with Crippen LogP contribution in [0.2, 0.25) is 0 Å². The van der Waals surface area contributed by atoms with Gasteiger partial charge >= 0.3 is 0 Å². The summed E-state index contributed by atoms with van der Waals surface area (Å²) < 4.78 is 39.2. The number of carbonyl (C=O) groups excluding carboxylic acids is 2. The van der Waals surface area contributed by atoms with E-state index in [9.17, 15) is 18.0 Å². The number of sulfonamides is 1. The van der Waals surface area contributed by atoms with Crippen LogP contribution in [0, 0.1) is 6.92 Å². The van der Waals surface area contributed by atoms with Crippen molar-refractivity contribution in [2.75, 3.05) is 23.8 Å². The first-order valence-electron chi connectivity index (χ1n) is 8.98. The molecule has 1 fully saturated rings. The Bertz CT molecular complexity index is 1050. The molecule has 0 atom stereocenters. The van der Waals surface area contributed by atoms with Crippen LogP contribution in [0.4, 0.5) is 11.4 Å². The Balaban J connectivity index is 2.05. The van der Waals surface area contributed by atoms with Crippen LogP contribution in [0.25, 0.3) is 0 Å². The van der Waals surface area contributed by atoms with E-state index in [1.54, 1.807) is 18.2 Å². The molecule has 0 spiro atoms. The number of carbonyl (C=O) groups is 2. The number of ether oxygens (including phenoxy) is 2. The normalized spacial score (nSPS) is 14.7. The standard InChI is InChI=1S/C20H22N2O6S/c1-13-7-9-16(27-2)15(11-13)21-29(25,26)18-12-14(8-10-17(18)28-3)22-19(23)5-4-6-20(22)24/h7-12,21H,4-6H2,1-3H3. The predicted molar refractivity (Wildman–Crippen MR) is 108 cm³/mol. The largest absolute Gasteiger partial charge is 0.495 e. The van der Waals surface area contributed by atoms with E-state index in [2.05, 4.69) is 4.72 Å². The van der Waals surface area contributed by atoms with Crippen molar-refractivity contribution < 1.29 is 27.5 Å². The summed E-state index contributed by atoms with van der Waals surface area (Å²) in [5, 5.41) is 0. The van der Waals surface area contributed by atoms with Crippen molar-refractivity contribution in [2.45, 2.75) is 31.1 Å². The van der Waals surface area contributed by atoms with E-state index in [1.165, 1.54) is 32.4 Å². The van der Waals surface area contributed by atoms with Gasteiger partial charge in [0.2, 0.25) is 11.8 Å². The number of aryl methyl sites for hydroxylation is 1. The van der Waals surface area contributed by atoms with Gasteiger partial charge in [-0.1, -0.05) is 6.07 Å². The highest BCUT2D eigenvalue weighted by Gasteiger charge is 2.30. The quantitative estimate of drug-likeness (QED) is 0.724. The van der Waals surface area contributed by atoms with E-state index in [4.69, 9.17) is 9.47 Å². The molecule has 154 valence electrons. The summed E-state index contributed by atoms with van der Waals surface area (Å²) in [5.74, 6) is -0.272. The Morgan fingerprint density at radius 3 is 2.17 bits per heavy atom. The summed E-state index contributed by atoms with van der Waals surface area (Å²) in [6, 6.07) is 9.28. The fourth-order valence-electron chi connectivity index (χ4n) is 3.16. The molecule has 0 radical (unpaired) electrons. The van der Waals surface area contributed by atoms with Gasteiger partial charge < -0.3 is 9.47 Å². The van der Waals surface area contributed by atoms with Crippen molar-refractivity contribution in [3.05, 3.63) is 42.0 Å². The van der Waals surface area contributed by atoms with Gasteiger partial charge in [-0.2, -0.15) is 0 Å². The van der Waals surface area contributed by atoms with Crippen LogP contribution in [0.15, 0.2) is 41.3 Å². The van der Waals surface area contributed by atoms with Crippen LogP contribution < -0.4 is 19.1 Å². The number of hydrogen-bond donors (Lipinski definition) is 1. The lowest BCUT2D eigenvalue weighted by Gasteiger charge is -2.25. The zero-order valence-corrected chi connectivity index (χ0v) is 17.2. The summed E-state index contributed by atoms with van der Waals surface area (Å²) in [6.07, 6.45) is 0.960. The highest BCUT2D eigenvalue weighted by Crippen LogP contribution is 2.34. The molecule has 2 aromatic carbocycles. The number of imide groups is 1. The molecule has 1 N–H and O–H groups in total. The Hall–Kier alpha value is -3.07. The minimum absolute atomic E-state index is 0.0878. The number of benzene rings is 2. The molecule has 8 nitrogen and oxygen atoms in total. The SMILES string of the molecule is COc1ccc(C)cc1NS(=O)(=O)c1cc(N2C(=O)CCCC2=O)ccc1OC. The van der Waals surface area contributed by atoms with E-state index < -0.39 is 10.0 Å². The summed E-state index contributed by atoms with van der Waals surface area (Å²) in [7, 11) is -1.32. The minimum Gasteiger partial charge on any atom is -0.495 e. The lowest BCUT2D eigenvalue weighted by molar-refractivity contribution is -0.129. The van der Waals surface area contributed by atoms with E-state index >= 15 is 0 Å². The fourth-order valence-corrected chi connectivity index (χ4v) is 4.41. The second-order valence-corrected chi connectivity index (χ2v) is 8.27. The van der Waals surface area contributed by atoms with Crippen molar-refractivity contribution in [1.82, 2.24) is 0 Å². The Kier molecular flexibility index (Phi) is 5.78. The maximum Gasteiger partial charge on any atom is 0.265 e. The van der Waals surface area contributed by atoms with E-state index in [0.717, 1.165) is 10.5 Å². The Labute approximate surface area is 169 Å². The molecule has 1 aliphatic heterocycles. The number of rotatable bonds is 6. The van der Waals surface area contributed by atoms with Gasteiger partial charge in [0.1, 0.15) is 16.4 Å². The molecule has 2 aromatic rings. The summed E-state index contributed by atoms with van der Waals surface area (Å²) >= 11 is 0. The van der Waals surface area contributed by atoms with Gasteiger partial charge in [0.05, 0.1) is 25.6 Å². The number of nitrogens with one attached hydrogen (secondary N) is 1. The molecular weight excluding hydrogens is 396 g/mol. The van der Waals surface area contributed by atoms with Crippen LogP contribution in [-0.4, -0.2) is 34.5 Å².